The van der Waals surface area contributed by atoms with Gasteiger partial charge in [-0.25, -0.2) is 4.39 Å². The molecule has 1 unspecified atom stereocenters. The third kappa shape index (κ3) is 4.73. The normalized spacial score (nSPS) is 12.9. The van der Waals surface area contributed by atoms with Crippen molar-refractivity contribution in [3.63, 3.8) is 0 Å². The predicted molar refractivity (Wildman–Crippen MR) is 79.0 cm³/mol. The summed E-state index contributed by atoms with van der Waals surface area (Å²) in [4.78, 5) is 2.30. The first-order valence-electron chi connectivity index (χ1n) is 6.73. The van der Waals surface area contributed by atoms with Gasteiger partial charge in [-0.05, 0) is 19.2 Å². The topological polar surface area (TPSA) is 41.3 Å². The highest BCUT2D eigenvalue weighted by Gasteiger charge is 2.15. The van der Waals surface area contributed by atoms with Gasteiger partial charge in [-0.2, -0.15) is 0 Å². The summed E-state index contributed by atoms with van der Waals surface area (Å²) in [5.74, 6) is -0.380. The van der Waals surface area contributed by atoms with E-state index in [0.29, 0.717) is 12.1 Å². The van der Waals surface area contributed by atoms with Gasteiger partial charge >= 0.3 is 0 Å². The number of halogens is 2. The lowest BCUT2D eigenvalue weighted by atomic mass is 10.1. The Hall–Kier alpha value is -0.680. The van der Waals surface area contributed by atoms with Crippen molar-refractivity contribution in [2.24, 2.45) is 5.73 Å². The molecule has 0 aromatic heterocycles. The van der Waals surface area contributed by atoms with Gasteiger partial charge in [0.2, 0.25) is 0 Å². The van der Waals surface area contributed by atoms with Crippen molar-refractivity contribution in [3.05, 3.63) is 34.6 Å². The van der Waals surface area contributed by atoms with Crippen molar-refractivity contribution >= 4 is 11.6 Å². The van der Waals surface area contributed by atoms with Crippen LogP contribution in [0.4, 0.5) is 4.39 Å². The zero-order valence-electron chi connectivity index (χ0n) is 11.6. The van der Waals surface area contributed by atoms with Crippen molar-refractivity contribution in [2.45, 2.75) is 19.9 Å². The maximum Gasteiger partial charge on any atom is 0.146 e. The van der Waals surface area contributed by atoms with Gasteiger partial charge in [0.15, 0.2) is 0 Å². The molecule has 108 valence electrons. The van der Waals surface area contributed by atoms with E-state index in [2.05, 4.69) is 24.1 Å². The van der Waals surface area contributed by atoms with Crippen LogP contribution in [0.3, 0.4) is 0 Å². The van der Waals surface area contributed by atoms with Crippen molar-refractivity contribution in [2.75, 3.05) is 32.7 Å². The first-order chi connectivity index (χ1) is 9.13. The molecular weight excluding hydrogens is 265 g/mol. The minimum Gasteiger partial charge on any atom is -0.329 e. The van der Waals surface area contributed by atoms with E-state index in [1.165, 1.54) is 0 Å². The SMILES string of the molecule is CCN(CC)CCNC(CN)c1cccc(Cl)c1F. The van der Waals surface area contributed by atoms with Gasteiger partial charge in [-0.3, -0.25) is 0 Å². The fourth-order valence-corrected chi connectivity index (χ4v) is 2.23. The summed E-state index contributed by atoms with van der Waals surface area (Å²) in [5.41, 5.74) is 6.26. The number of hydrogen-bond acceptors (Lipinski definition) is 3. The van der Waals surface area contributed by atoms with Crippen molar-refractivity contribution < 1.29 is 4.39 Å². The van der Waals surface area contributed by atoms with Crippen LogP contribution in [0.2, 0.25) is 5.02 Å². The lowest BCUT2D eigenvalue weighted by Crippen LogP contribution is -2.36. The van der Waals surface area contributed by atoms with Gasteiger partial charge in [0.1, 0.15) is 5.82 Å². The summed E-state index contributed by atoms with van der Waals surface area (Å²) >= 11 is 5.79. The standard InChI is InChI=1S/C14H23ClFN3/c1-3-19(4-2)9-8-18-13(10-17)11-6-5-7-12(15)14(11)16/h5-7,13,18H,3-4,8-10,17H2,1-2H3. The molecule has 1 aromatic carbocycles. The molecule has 0 heterocycles. The molecule has 19 heavy (non-hydrogen) atoms. The third-order valence-electron chi connectivity index (χ3n) is 3.31. The molecule has 0 aliphatic heterocycles. The Kier molecular flexibility index (Phi) is 7.31. The number of likely N-dealkylation sites (N-methyl/N-ethyl adjacent to an activating group) is 1. The fourth-order valence-electron chi connectivity index (χ4n) is 2.05. The van der Waals surface area contributed by atoms with Gasteiger partial charge in [0.25, 0.3) is 0 Å². The molecule has 3 nitrogen and oxygen atoms in total. The predicted octanol–water partition coefficient (Wildman–Crippen LogP) is 2.41. The zero-order valence-corrected chi connectivity index (χ0v) is 12.4. The lowest BCUT2D eigenvalue weighted by molar-refractivity contribution is 0.296. The fraction of sp³-hybridized carbons (Fsp3) is 0.571. The molecule has 1 aromatic rings. The summed E-state index contributed by atoms with van der Waals surface area (Å²) in [5, 5.41) is 3.43. The molecule has 0 bridgehead atoms. The zero-order chi connectivity index (χ0) is 14.3. The van der Waals surface area contributed by atoms with Crippen LogP contribution < -0.4 is 11.1 Å². The number of rotatable bonds is 8. The van der Waals surface area contributed by atoms with Crippen LogP contribution >= 0.6 is 11.6 Å². The molecule has 1 atom stereocenters. The number of hydrogen-bond donors (Lipinski definition) is 2. The van der Waals surface area contributed by atoms with E-state index in [9.17, 15) is 4.39 Å². The average molecular weight is 288 g/mol. The van der Waals surface area contributed by atoms with Crippen LogP contribution in [0.1, 0.15) is 25.5 Å². The van der Waals surface area contributed by atoms with Gasteiger partial charge in [0, 0.05) is 31.2 Å². The van der Waals surface area contributed by atoms with Crippen molar-refractivity contribution in [1.82, 2.24) is 10.2 Å². The highest BCUT2D eigenvalue weighted by atomic mass is 35.5. The molecule has 0 spiro atoms. The second kappa shape index (κ2) is 8.48. The summed E-state index contributed by atoms with van der Waals surface area (Å²) in [6, 6.07) is 4.82. The minimum atomic E-state index is -0.380. The Bertz CT molecular complexity index is 383. The van der Waals surface area contributed by atoms with Crippen LogP contribution in [-0.4, -0.2) is 37.6 Å². The summed E-state index contributed by atoms with van der Waals surface area (Å²) in [7, 11) is 0. The molecule has 0 aliphatic rings. The summed E-state index contributed by atoms with van der Waals surface area (Å²) in [6.07, 6.45) is 0. The Labute approximate surface area is 119 Å². The molecular formula is C14H23ClFN3. The van der Waals surface area contributed by atoms with Gasteiger partial charge in [-0.1, -0.05) is 37.6 Å². The Morgan fingerprint density at radius 3 is 2.63 bits per heavy atom. The average Bonchev–Trinajstić information content (AvgIpc) is 2.43. The number of nitrogens with two attached hydrogens (primary N) is 1. The molecule has 0 saturated heterocycles. The van der Waals surface area contributed by atoms with E-state index >= 15 is 0 Å². The maximum atomic E-state index is 13.9. The second-order valence-electron chi connectivity index (χ2n) is 4.41. The molecule has 1 rings (SSSR count). The first kappa shape index (κ1) is 16.4. The molecule has 0 saturated carbocycles. The smallest absolute Gasteiger partial charge is 0.146 e. The monoisotopic (exact) mass is 287 g/mol. The van der Waals surface area contributed by atoms with Crippen LogP contribution in [0, 0.1) is 5.82 Å². The largest absolute Gasteiger partial charge is 0.329 e. The summed E-state index contributed by atoms with van der Waals surface area (Å²) < 4.78 is 13.9. The molecule has 0 aliphatic carbocycles. The Balaban J connectivity index is 2.61. The molecule has 0 fully saturated rings. The number of nitrogens with one attached hydrogen (secondary N) is 1. The van der Waals surface area contributed by atoms with Crippen LogP contribution in [-0.2, 0) is 0 Å². The van der Waals surface area contributed by atoms with E-state index in [-0.39, 0.29) is 16.9 Å². The van der Waals surface area contributed by atoms with E-state index in [4.69, 9.17) is 17.3 Å². The molecule has 0 amide bonds. The minimum absolute atomic E-state index is 0.140. The van der Waals surface area contributed by atoms with Gasteiger partial charge < -0.3 is 16.0 Å². The highest BCUT2D eigenvalue weighted by molar-refractivity contribution is 6.30. The maximum absolute atomic E-state index is 13.9. The highest BCUT2D eigenvalue weighted by Crippen LogP contribution is 2.22. The number of nitrogens with zero attached hydrogens (tertiary/aromatic N) is 1. The van der Waals surface area contributed by atoms with E-state index in [1.54, 1.807) is 18.2 Å². The van der Waals surface area contributed by atoms with E-state index in [0.717, 1.165) is 26.2 Å². The Morgan fingerprint density at radius 1 is 1.37 bits per heavy atom. The van der Waals surface area contributed by atoms with Crippen LogP contribution in [0.25, 0.3) is 0 Å². The quantitative estimate of drug-likeness (QED) is 0.771. The lowest BCUT2D eigenvalue weighted by Gasteiger charge is -2.22. The molecule has 3 N–H and O–H groups in total. The van der Waals surface area contributed by atoms with E-state index < -0.39 is 0 Å². The summed E-state index contributed by atoms with van der Waals surface area (Å²) in [6.45, 7) is 8.31. The molecule has 0 radical (unpaired) electrons. The third-order valence-corrected chi connectivity index (χ3v) is 3.60. The molecule has 5 heteroatoms. The van der Waals surface area contributed by atoms with Crippen molar-refractivity contribution in [1.29, 1.82) is 0 Å². The second-order valence-corrected chi connectivity index (χ2v) is 4.82. The van der Waals surface area contributed by atoms with Crippen LogP contribution in [0.5, 0.6) is 0 Å². The van der Waals surface area contributed by atoms with Crippen LogP contribution in [0.15, 0.2) is 18.2 Å². The Morgan fingerprint density at radius 2 is 2.05 bits per heavy atom. The van der Waals surface area contributed by atoms with Gasteiger partial charge in [0.05, 0.1) is 5.02 Å². The number of benzene rings is 1. The van der Waals surface area contributed by atoms with E-state index in [1.807, 2.05) is 0 Å². The van der Waals surface area contributed by atoms with Gasteiger partial charge in [-0.15, -0.1) is 0 Å². The first-order valence-corrected chi connectivity index (χ1v) is 7.11. The van der Waals surface area contributed by atoms with Crippen molar-refractivity contribution in [3.8, 4) is 0 Å².